The molecule has 0 amide bonds. The molecule has 0 aromatic heterocycles. The first-order chi connectivity index (χ1) is 7.95. The fourth-order valence-electron chi connectivity index (χ4n) is 1.23. The van der Waals surface area contributed by atoms with Gasteiger partial charge < -0.3 is 5.11 Å². The first-order valence-corrected chi connectivity index (χ1v) is 6.74. The number of Topliss-reactive ketones (excluding diaryl/α,β-unsaturated/α-hetero) is 1. The molecule has 0 fully saturated rings. The Kier molecular flexibility index (Phi) is 5.31. The number of hydrogen-bond donors (Lipinski definition) is 1. The summed E-state index contributed by atoms with van der Waals surface area (Å²) >= 11 is 12.6. The summed E-state index contributed by atoms with van der Waals surface area (Å²) in [7, 11) is 0. The van der Waals surface area contributed by atoms with Crippen LogP contribution in [-0.4, -0.2) is 28.4 Å². The SMILES string of the molecule is CSC(CC(=O)c1ccc(Cl)c(Cl)c1)C(=O)O. The summed E-state index contributed by atoms with van der Waals surface area (Å²) in [6.07, 6.45) is 1.59. The molecule has 6 heteroatoms. The zero-order valence-corrected chi connectivity index (χ0v) is 11.3. The monoisotopic (exact) mass is 292 g/mol. The highest BCUT2D eigenvalue weighted by Gasteiger charge is 2.21. The van der Waals surface area contributed by atoms with Crippen molar-refractivity contribution in [2.45, 2.75) is 11.7 Å². The minimum absolute atomic E-state index is 0.0611. The van der Waals surface area contributed by atoms with E-state index in [-0.39, 0.29) is 17.2 Å². The zero-order chi connectivity index (χ0) is 13.0. The molecule has 1 unspecified atom stereocenters. The number of ketones is 1. The second-order valence-corrected chi connectivity index (χ2v) is 5.17. The average Bonchev–Trinajstić information content (AvgIpc) is 2.28. The molecule has 0 aliphatic carbocycles. The molecule has 0 radical (unpaired) electrons. The van der Waals surface area contributed by atoms with Crippen LogP contribution in [0.15, 0.2) is 18.2 Å². The maximum atomic E-state index is 11.8. The van der Waals surface area contributed by atoms with Gasteiger partial charge in [-0.15, -0.1) is 11.8 Å². The van der Waals surface area contributed by atoms with Crippen LogP contribution in [0, 0.1) is 0 Å². The van der Waals surface area contributed by atoms with Gasteiger partial charge in [0.25, 0.3) is 0 Å². The van der Waals surface area contributed by atoms with Crippen molar-refractivity contribution in [3.8, 4) is 0 Å². The van der Waals surface area contributed by atoms with Crippen LogP contribution in [0.5, 0.6) is 0 Å². The van der Waals surface area contributed by atoms with Crippen LogP contribution in [0.2, 0.25) is 10.0 Å². The van der Waals surface area contributed by atoms with Crippen LogP contribution in [0.25, 0.3) is 0 Å². The largest absolute Gasteiger partial charge is 0.480 e. The fourth-order valence-corrected chi connectivity index (χ4v) is 2.05. The van der Waals surface area contributed by atoms with Gasteiger partial charge in [0.1, 0.15) is 5.25 Å². The summed E-state index contributed by atoms with van der Waals surface area (Å²) in [6.45, 7) is 0. The Morgan fingerprint density at radius 2 is 2.00 bits per heavy atom. The van der Waals surface area contributed by atoms with E-state index in [2.05, 4.69) is 0 Å². The molecule has 0 aliphatic rings. The highest BCUT2D eigenvalue weighted by Crippen LogP contribution is 2.24. The molecule has 1 atom stereocenters. The second kappa shape index (κ2) is 6.28. The Balaban J connectivity index is 2.82. The Morgan fingerprint density at radius 1 is 1.35 bits per heavy atom. The first kappa shape index (κ1) is 14.4. The molecule has 1 N–H and O–H groups in total. The van der Waals surface area contributed by atoms with Gasteiger partial charge in [-0.1, -0.05) is 23.2 Å². The van der Waals surface area contributed by atoms with Gasteiger partial charge in [0, 0.05) is 12.0 Å². The zero-order valence-electron chi connectivity index (χ0n) is 8.94. The number of thioether (sulfide) groups is 1. The number of benzene rings is 1. The lowest BCUT2D eigenvalue weighted by molar-refractivity contribution is -0.136. The number of carboxylic acid groups (broad SMARTS) is 1. The van der Waals surface area contributed by atoms with Crippen LogP contribution < -0.4 is 0 Å². The van der Waals surface area contributed by atoms with Crippen molar-refractivity contribution >= 4 is 46.7 Å². The van der Waals surface area contributed by atoms with Gasteiger partial charge in [0.2, 0.25) is 0 Å². The molecule has 0 aliphatic heterocycles. The molecular formula is C11H10Cl2O3S. The average molecular weight is 293 g/mol. The molecule has 17 heavy (non-hydrogen) atoms. The van der Waals surface area contributed by atoms with E-state index in [9.17, 15) is 9.59 Å². The van der Waals surface area contributed by atoms with E-state index >= 15 is 0 Å². The summed E-state index contributed by atoms with van der Waals surface area (Å²) < 4.78 is 0. The van der Waals surface area contributed by atoms with Gasteiger partial charge in [-0.05, 0) is 24.5 Å². The maximum Gasteiger partial charge on any atom is 0.317 e. The lowest BCUT2D eigenvalue weighted by atomic mass is 10.1. The minimum atomic E-state index is -0.995. The van der Waals surface area contributed by atoms with Gasteiger partial charge in [-0.25, -0.2) is 0 Å². The smallest absolute Gasteiger partial charge is 0.317 e. The van der Waals surface area contributed by atoms with Crippen LogP contribution in [0.1, 0.15) is 16.8 Å². The highest BCUT2D eigenvalue weighted by molar-refractivity contribution is 7.99. The molecule has 1 rings (SSSR count). The summed E-state index contributed by atoms with van der Waals surface area (Å²) in [5, 5.41) is 8.76. The van der Waals surface area contributed by atoms with E-state index in [0.717, 1.165) is 11.8 Å². The molecule has 0 spiro atoms. The van der Waals surface area contributed by atoms with Crippen molar-refractivity contribution in [2.24, 2.45) is 0 Å². The molecule has 0 saturated carbocycles. The van der Waals surface area contributed by atoms with Gasteiger partial charge in [0.15, 0.2) is 5.78 Å². The van der Waals surface area contributed by atoms with E-state index in [4.69, 9.17) is 28.3 Å². The molecular weight excluding hydrogens is 283 g/mol. The topological polar surface area (TPSA) is 54.4 Å². The van der Waals surface area contributed by atoms with E-state index in [0.29, 0.717) is 10.6 Å². The van der Waals surface area contributed by atoms with Crippen molar-refractivity contribution < 1.29 is 14.7 Å². The number of hydrogen-bond acceptors (Lipinski definition) is 3. The Bertz CT molecular complexity index is 448. The van der Waals surface area contributed by atoms with Crippen LogP contribution >= 0.6 is 35.0 Å². The standard InChI is InChI=1S/C11H10Cl2O3S/c1-17-10(11(15)16)5-9(14)6-2-3-7(12)8(13)4-6/h2-4,10H,5H2,1H3,(H,15,16). The lowest BCUT2D eigenvalue weighted by Gasteiger charge is -2.08. The molecule has 0 heterocycles. The van der Waals surface area contributed by atoms with E-state index in [1.54, 1.807) is 6.26 Å². The van der Waals surface area contributed by atoms with Crippen LogP contribution in [0.4, 0.5) is 0 Å². The third-order valence-electron chi connectivity index (χ3n) is 2.17. The van der Waals surface area contributed by atoms with Gasteiger partial charge >= 0.3 is 5.97 Å². The van der Waals surface area contributed by atoms with Crippen molar-refractivity contribution in [1.82, 2.24) is 0 Å². The first-order valence-electron chi connectivity index (χ1n) is 4.69. The summed E-state index contributed by atoms with van der Waals surface area (Å²) in [5.41, 5.74) is 0.375. The predicted molar refractivity (Wildman–Crippen MR) is 70.3 cm³/mol. The van der Waals surface area contributed by atoms with Crippen LogP contribution in [-0.2, 0) is 4.79 Å². The second-order valence-electron chi connectivity index (χ2n) is 3.32. The van der Waals surface area contributed by atoms with Gasteiger partial charge in [0.05, 0.1) is 10.0 Å². The quantitative estimate of drug-likeness (QED) is 0.846. The summed E-state index contributed by atoms with van der Waals surface area (Å²) in [4.78, 5) is 22.6. The summed E-state index contributed by atoms with van der Waals surface area (Å²) in [6, 6.07) is 4.51. The molecule has 0 saturated heterocycles. The third-order valence-corrected chi connectivity index (χ3v) is 3.85. The number of rotatable bonds is 5. The molecule has 0 bridgehead atoms. The normalized spacial score (nSPS) is 12.2. The number of halogens is 2. The number of carbonyl (C=O) groups excluding carboxylic acids is 1. The number of carbonyl (C=O) groups is 2. The van der Waals surface area contributed by atoms with E-state index in [1.807, 2.05) is 0 Å². The third kappa shape index (κ3) is 3.91. The van der Waals surface area contributed by atoms with E-state index < -0.39 is 11.2 Å². The number of carboxylic acids is 1. The van der Waals surface area contributed by atoms with Crippen LogP contribution in [0.3, 0.4) is 0 Å². The predicted octanol–water partition coefficient (Wildman–Crippen LogP) is 3.38. The Morgan fingerprint density at radius 3 is 2.47 bits per heavy atom. The molecule has 1 aromatic carbocycles. The lowest BCUT2D eigenvalue weighted by Crippen LogP contribution is -2.20. The van der Waals surface area contributed by atoms with E-state index in [1.165, 1.54) is 18.2 Å². The van der Waals surface area contributed by atoms with Crippen molar-refractivity contribution in [3.05, 3.63) is 33.8 Å². The van der Waals surface area contributed by atoms with Crippen molar-refractivity contribution in [3.63, 3.8) is 0 Å². The number of aliphatic carboxylic acids is 1. The van der Waals surface area contributed by atoms with Crippen molar-refractivity contribution in [1.29, 1.82) is 0 Å². The molecule has 1 aromatic rings. The van der Waals surface area contributed by atoms with Crippen molar-refractivity contribution in [2.75, 3.05) is 6.26 Å². The fraction of sp³-hybridized carbons (Fsp3) is 0.273. The van der Waals surface area contributed by atoms with Gasteiger partial charge in [-0.3, -0.25) is 9.59 Å². The van der Waals surface area contributed by atoms with Gasteiger partial charge in [-0.2, -0.15) is 0 Å². The Hall–Kier alpha value is -0.710. The summed E-state index contributed by atoms with van der Waals surface area (Å²) in [5.74, 6) is -1.25. The maximum absolute atomic E-state index is 11.8. The Labute approximate surface area is 113 Å². The minimum Gasteiger partial charge on any atom is -0.480 e. The molecule has 92 valence electrons. The highest BCUT2D eigenvalue weighted by atomic mass is 35.5. The molecule has 3 nitrogen and oxygen atoms in total.